The van der Waals surface area contributed by atoms with Gasteiger partial charge in [0.1, 0.15) is 12.4 Å². The van der Waals surface area contributed by atoms with Crippen molar-refractivity contribution in [1.29, 1.82) is 0 Å². The number of methoxy groups -OCH3 is 1. The van der Waals surface area contributed by atoms with Gasteiger partial charge in [0, 0.05) is 7.11 Å². The first-order valence-electron chi connectivity index (χ1n) is 6.05. The Morgan fingerprint density at radius 1 is 1.29 bits per heavy atom. The maximum absolute atomic E-state index is 11.9. The molecule has 0 aliphatic carbocycles. The maximum Gasteiger partial charge on any atom is 0.422 e. The fourth-order valence-electron chi connectivity index (χ4n) is 1.38. The predicted octanol–water partition coefficient (Wildman–Crippen LogP) is 3.13. The van der Waals surface area contributed by atoms with E-state index in [-0.39, 0.29) is 12.3 Å². The zero-order valence-corrected chi connectivity index (χ0v) is 11.6. The second-order valence-corrected chi connectivity index (χ2v) is 4.16. The van der Waals surface area contributed by atoms with Crippen LogP contribution in [0.2, 0.25) is 0 Å². The van der Waals surface area contributed by atoms with Gasteiger partial charge in [-0.2, -0.15) is 13.2 Å². The Balaban J connectivity index is 2.66. The Morgan fingerprint density at radius 2 is 2.00 bits per heavy atom. The summed E-state index contributed by atoms with van der Waals surface area (Å²) in [5.74, 6) is 0.330. The molecule has 0 aliphatic heterocycles. The van der Waals surface area contributed by atoms with E-state index in [2.05, 4.69) is 10.1 Å². The van der Waals surface area contributed by atoms with Crippen LogP contribution < -0.4 is 10.1 Å². The van der Waals surface area contributed by atoms with Gasteiger partial charge in [0.2, 0.25) is 0 Å². The smallest absolute Gasteiger partial charge is 0.422 e. The standard InChI is InChI=1S/C13H16F3NO4/c1-9-3-4-10(11(7-9)20-6-5-19-2)17-12(18)21-8-13(14,15)16/h3-4,7H,5-6,8H2,1-2H3,(H,17,18). The van der Waals surface area contributed by atoms with Crippen molar-refractivity contribution in [3.8, 4) is 5.75 Å². The number of alkyl halides is 3. The zero-order chi connectivity index (χ0) is 15.9. The minimum absolute atomic E-state index is 0.226. The summed E-state index contributed by atoms with van der Waals surface area (Å²) in [4.78, 5) is 11.3. The summed E-state index contributed by atoms with van der Waals surface area (Å²) in [5.41, 5.74) is 1.10. The summed E-state index contributed by atoms with van der Waals surface area (Å²) in [6.07, 6.45) is -5.77. The molecule has 0 saturated heterocycles. The number of hydrogen-bond acceptors (Lipinski definition) is 4. The average molecular weight is 307 g/mol. The van der Waals surface area contributed by atoms with Crippen molar-refractivity contribution in [1.82, 2.24) is 0 Å². The van der Waals surface area contributed by atoms with Crippen molar-refractivity contribution in [3.63, 3.8) is 0 Å². The molecule has 0 aliphatic rings. The third-order valence-electron chi connectivity index (χ3n) is 2.29. The van der Waals surface area contributed by atoms with Gasteiger partial charge in [-0.1, -0.05) is 6.07 Å². The van der Waals surface area contributed by atoms with E-state index in [4.69, 9.17) is 9.47 Å². The lowest BCUT2D eigenvalue weighted by Gasteiger charge is -2.14. The van der Waals surface area contributed by atoms with Crippen LogP contribution in [0, 0.1) is 6.92 Å². The largest absolute Gasteiger partial charge is 0.489 e. The summed E-state index contributed by atoms with van der Waals surface area (Å²) in [6.45, 7) is 0.748. The Hall–Kier alpha value is -1.96. The minimum Gasteiger partial charge on any atom is -0.489 e. The molecule has 5 nitrogen and oxygen atoms in total. The zero-order valence-electron chi connectivity index (χ0n) is 11.6. The SMILES string of the molecule is COCCOc1cc(C)ccc1NC(=O)OCC(F)(F)F. The molecule has 0 unspecified atom stereocenters. The van der Waals surface area contributed by atoms with E-state index in [0.717, 1.165) is 5.56 Å². The Kier molecular flexibility index (Phi) is 6.29. The van der Waals surface area contributed by atoms with Crippen molar-refractivity contribution in [2.24, 2.45) is 0 Å². The Labute approximate surface area is 120 Å². The number of aryl methyl sites for hydroxylation is 1. The van der Waals surface area contributed by atoms with Gasteiger partial charge in [-0.05, 0) is 24.6 Å². The summed E-state index contributed by atoms with van der Waals surface area (Å²) in [5, 5.41) is 2.21. The van der Waals surface area contributed by atoms with Crippen LogP contribution in [-0.4, -0.2) is 39.2 Å². The number of nitrogens with one attached hydrogen (secondary N) is 1. The van der Waals surface area contributed by atoms with Gasteiger partial charge in [0.15, 0.2) is 6.61 Å². The van der Waals surface area contributed by atoms with E-state index in [1.807, 2.05) is 6.92 Å². The number of halogens is 3. The number of carbonyl (C=O) groups excluding carboxylic acids is 1. The number of benzene rings is 1. The van der Waals surface area contributed by atoms with Crippen LogP contribution in [0.3, 0.4) is 0 Å². The molecule has 8 heteroatoms. The minimum atomic E-state index is -4.57. The van der Waals surface area contributed by atoms with E-state index < -0.39 is 18.9 Å². The Morgan fingerprint density at radius 3 is 2.62 bits per heavy atom. The average Bonchev–Trinajstić information content (AvgIpc) is 2.39. The molecule has 118 valence electrons. The summed E-state index contributed by atoms with van der Waals surface area (Å²) in [7, 11) is 1.51. The molecular formula is C13H16F3NO4. The molecule has 21 heavy (non-hydrogen) atoms. The molecule has 0 bridgehead atoms. The van der Waals surface area contributed by atoms with Gasteiger partial charge in [0.05, 0.1) is 12.3 Å². The van der Waals surface area contributed by atoms with Gasteiger partial charge >= 0.3 is 12.3 Å². The molecule has 0 saturated carbocycles. The van der Waals surface area contributed by atoms with Gasteiger partial charge in [0.25, 0.3) is 0 Å². The summed E-state index contributed by atoms with van der Waals surface area (Å²) < 4.78 is 50.1. The first-order chi connectivity index (χ1) is 9.81. The molecule has 0 heterocycles. The molecule has 1 aromatic carbocycles. The highest BCUT2D eigenvalue weighted by Gasteiger charge is 2.29. The van der Waals surface area contributed by atoms with E-state index in [1.54, 1.807) is 12.1 Å². The van der Waals surface area contributed by atoms with E-state index in [0.29, 0.717) is 12.4 Å². The normalized spacial score (nSPS) is 11.1. The highest BCUT2D eigenvalue weighted by atomic mass is 19.4. The summed E-state index contributed by atoms with van der Waals surface area (Å²) >= 11 is 0. The van der Waals surface area contributed by atoms with E-state index in [1.165, 1.54) is 13.2 Å². The van der Waals surface area contributed by atoms with Crippen LogP contribution >= 0.6 is 0 Å². The first kappa shape index (κ1) is 17.1. The van der Waals surface area contributed by atoms with Crippen LogP contribution in [0.5, 0.6) is 5.75 Å². The van der Waals surface area contributed by atoms with Crippen LogP contribution in [0.1, 0.15) is 5.56 Å². The first-order valence-corrected chi connectivity index (χ1v) is 6.05. The third kappa shape index (κ3) is 6.84. The number of amides is 1. The molecule has 1 N–H and O–H groups in total. The lowest BCUT2D eigenvalue weighted by molar-refractivity contribution is -0.159. The van der Waals surface area contributed by atoms with Crippen molar-refractivity contribution < 1.29 is 32.2 Å². The topological polar surface area (TPSA) is 56.8 Å². The van der Waals surface area contributed by atoms with Crippen LogP contribution in [0.4, 0.5) is 23.7 Å². The monoisotopic (exact) mass is 307 g/mol. The number of rotatable bonds is 6. The number of anilines is 1. The molecule has 0 spiro atoms. The summed E-state index contributed by atoms with van der Waals surface area (Å²) in [6, 6.07) is 4.85. The lowest BCUT2D eigenvalue weighted by Crippen LogP contribution is -2.23. The van der Waals surface area contributed by atoms with Crippen LogP contribution in [-0.2, 0) is 9.47 Å². The second-order valence-electron chi connectivity index (χ2n) is 4.16. The third-order valence-corrected chi connectivity index (χ3v) is 2.29. The molecule has 0 aromatic heterocycles. The highest BCUT2D eigenvalue weighted by Crippen LogP contribution is 2.26. The van der Waals surface area contributed by atoms with Crippen molar-refractivity contribution in [2.75, 3.05) is 32.2 Å². The van der Waals surface area contributed by atoms with Gasteiger partial charge < -0.3 is 14.2 Å². The lowest BCUT2D eigenvalue weighted by atomic mass is 10.2. The maximum atomic E-state index is 11.9. The van der Waals surface area contributed by atoms with Crippen molar-refractivity contribution in [2.45, 2.75) is 13.1 Å². The van der Waals surface area contributed by atoms with Gasteiger partial charge in [-0.25, -0.2) is 4.79 Å². The number of ether oxygens (including phenoxy) is 3. The highest BCUT2D eigenvalue weighted by molar-refractivity contribution is 5.86. The predicted molar refractivity (Wildman–Crippen MR) is 69.6 cm³/mol. The quantitative estimate of drug-likeness (QED) is 0.820. The van der Waals surface area contributed by atoms with E-state index >= 15 is 0 Å². The van der Waals surface area contributed by atoms with Crippen molar-refractivity contribution >= 4 is 11.8 Å². The Bertz CT molecular complexity index is 477. The van der Waals surface area contributed by atoms with Gasteiger partial charge in [-0.3, -0.25) is 5.32 Å². The number of carbonyl (C=O) groups is 1. The van der Waals surface area contributed by atoms with Gasteiger partial charge in [-0.15, -0.1) is 0 Å². The molecule has 0 fully saturated rings. The number of hydrogen-bond donors (Lipinski definition) is 1. The fraction of sp³-hybridized carbons (Fsp3) is 0.462. The molecule has 0 radical (unpaired) electrons. The molecular weight excluding hydrogens is 291 g/mol. The molecule has 1 rings (SSSR count). The van der Waals surface area contributed by atoms with Crippen LogP contribution in [0.15, 0.2) is 18.2 Å². The molecule has 1 amide bonds. The second kappa shape index (κ2) is 7.72. The molecule has 0 atom stereocenters. The van der Waals surface area contributed by atoms with Crippen LogP contribution in [0.25, 0.3) is 0 Å². The van der Waals surface area contributed by atoms with Crippen molar-refractivity contribution in [3.05, 3.63) is 23.8 Å². The van der Waals surface area contributed by atoms with E-state index in [9.17, 15) is 18.0 Å². The fourth-order valence-corrected chi connectivity index (χ4v) is 1.38. The molecule has 1 aromatic rings.